The first-order valence-electron chi connectivity index (χ1n) is 10.9. The molecule has 0 radical (unpaired) electrons. The van der Waals surface area contributed by atoms with Crippen LogP contribution in [0, 0.1) is 25.6 Å². The molecule has 0 bridgehead atoms. The molecule has 0 atom stereocenters. The predicted octanol–water partition coefficient (Wildman–Crippen LogP) is 5.03. The molecule has 0 unspecified atom stereocenters. The molecular weight excluding hydrogens is 456 g/mol. The highest BCUT2D eigenvalue weighted by Gasteiger charge is 2.33. The quantitative estimate of drug-likeness (QED) is 0.550. The molecule has 2 fully saturated rings. The summed E-state index contributed by atoms with van der Waals surface area (Å²) in [5.41, 5.74) is 1.69. The maximum absolute atomic E-state index is 14.6. The van der Waals surface area contributed by atoms with Gasteiger partial charge < -0.3 is 14.2 Å². The normalized spacial score (nSPS) is 20.5. The van der Waals surface area contributed by atoms with Gasteiger partial charge in [-0.25, -0.2) is 4.39 Å². The first-order valence-corrected chi connectivity index (χ1v) is 11.2. The molecule has 1 saturated carbocycles. The fourth-order valence-electron chi connectivity index (χ4n) is 4.52. The van der Waals surface area contributed by atoms with Crippen molar-refractivity contribution in [1.82, 2.24) is 15.0 Å². The Kier molecular flexibility index (Phi) is 8.06. The van der Waals surface area contributed by atoms with Crippen molar-refractivity contribution in [3.05, 3.63) is 45.6 Å². The zero-order valence-corrected chi connectivity index (χ0v) is 20.3. The average molecular weight is 486 g/mol. The van der Waals surface area contributed by atoms with E-state index in [2.05, 4.69) is 10.1 Å². The number of hydrogen-bond acceptors (Lipinski definition) is 5. The number of aromatic nitrogens is 1. The van der Waals surface area contributed by atoms with Gasteiger partial charge in [-0.2, -0.15) is 0 Å². The summed E-state index contributed by atoms with van der Waals surface area (Å²) in [4.78, 5) is 16.6. The molecule has 2 aliphatic rings. The van der Waals surface area contributed by atoms with Crippen LogP contribution in [0.2, 0.25) is 5.02 Å². The maximum Gasteiger partial charge on any atom is 0.259 e. The maximum atomic E-state index is 14.6. The molecule has 2 aromatic rings. The van der Waals surface area contributed by atoms with E-state index in [0.29, 0.717) is 52.4 Å². The SMILES string of the molecule is Cc1noc(C)c1C(=O)N(C)C[C@H]1C[C@H](Oc2cc(F)c(CN3CCCC3)c(Cl)c2)C1.Cl. The fourth-order valence-corrected chi connectivity index (χ4v) is 4.78. The lowest BCUT2D eigenvalue weighted by atomic mass is 9.82. The van der Waals surface area contributed by atoms with Gasteiger partial charge in [-0.05, 0) is 64.6 Å². The van der Waals surface area contributed by atoms with E-state index in [1.807, 2.05) is 0 Å². The number of benzene rings is 1. The predicted molar refractivity (Wildman–Crippen MR) is 123 cm³/mol. The Hall–Kier alpha value is -1.83. The average Bonchev–Trinajstić information content (AvgIpc) is 3.32. The molecule has 1 saturated heterocycles. The molecular formula is C23H30Cl2FN3O3. The van der Waals surface area contributed by atoms with Crippen LogP contribution in [0.4, 0.5) is 4.39 Å². The Morgan fingerprint density at radius 2 is 2.00 bits per heavy atom. The summed E-state index contributed by atoms with van der Waals surface area (Å²) in [5, 5.41) is 4.27. The standard InChI is InChI=1S/C23H29ClFN3O3.ClH/c1-14-22(15(2)31-26-14)23(29)27(3)12-16-8-17(9-16)30-18-10-20(24)19(21(25)11-18)13-28-6-4-5-7-28;/h10-11,16-17H,4-9,12-13H2,1-3H3;1H/t16-,17-;. The van der Waals surface area contributed by atoms with Crippen LogP contribution < -0.4 is 4.74 Å². The van der Waals surface area contributed by atoms with Gasteiger partial charge in [0.15, 0.2) is 0 Å². The monoisotopic (exact) mass is 485 g/mol. The molecule has 176 valence electrons. The van der Waals surface area contributed by atoms with E-state index in [-0.39, 0.29) is 30.2 Å². The van der Waals surface area contributed by atoms with Gasteiger partial charge in [0.25, 0.3) is 5.91 Å². The summed E-state index contributed by atoms with van der Waals surface area (Å²) in [5.74, 6) is 0.958. The van der Waals surface area contributed by atoms with E-state index in [9.17, 15) is 9.18 Å². The third-order valence-corrected chi connectivity index (χ3v) is 6.65. The van der Waals surface area contributed by atoms with Crippen LogP contribution >= 0.6 is 24.0 Å². The van der Waals surface area contributed by atoms with E-state index >= 15 is 0 Å². The molecule has 1 aliphatic carbocycles. The van der Waals surface area contributed by atoms with Gasteiger partial charge in [0.2, 0.25) is 0 Å². The van der Waals surface area contributed by atoms with Gasteiger partial charge in [0.05, 0.1) is 16.8 Å². The van der Waals surface area contributed by atoms with Crippen LogP contribution in [0.1, 0.15) is 53.1 Å². The van der Waals surface area contributed by atoms with Gasteiger partial charge >= 0.3 is 0 Å². The first-order chi connectivity index (χ1) is 14.8. The van der Waals surface area contributed by atoms with Gasteiger partial charge in [0.1, 0.15) is 22.9 Å². The Bertz CT molecular complexity index is 913. The molecule has 1 aliphatic heterocycles. The van der Waals surface area contributed by atoms with Crippen LogP contribution in [0.15, 0.2) is 16.7 Å². The Morgan fingerprint density at radius 3 is 2.59 bits per heavy atom. The number of likely N-dealkylation sites (tertiary alicyclic amines) is 1. The van der Waals surface area contributed by atoms with Crippen LogP contribution in [-0.2, 0) is 6.54 Å². The molecule has 1 aromatic heterocycles. The summed E-state index contributed by atoms with van der Waals surface area (Å²) in [6.07, 6.45) is 3.94. The van der Waals surface area contributed by atoms with Crippen molar-refractivity contribution in [1.29, 1.82) is 0 Å². The second kappa shape index (κ2) is 10.4. The van der Waals surface area contributed by atoms with Crippen molar-refractivity contribution in [2.75, 3.05) is 26.7 Å². The number of amides is 1. The Balaban J connectivity index is 0.00000289. The molecule has 0 spiro atoms. The van der Waals surface area contributed by atoms with E-state index in [1.54, 1.807) is 31.9 Å². The molecule has 4 rings (SSSR count). The summed E-state index contributed by atoms with van der Waals surface area (Å²) in [7, 11) is 1.79. The number of ether oxygens (including phenoxy) is 1. The van der Waals surface area contributed by atoms with Crippen molar-refractivity contribution in [3.63, 3.8) is 0 Å². The lowest BCUT2D eigenvalue weighted by molar-refractivity contribution is 0.0416. The molecule has 0 N–H and O–H groups in total. The van der Waals surface area contributed by atoms with E-state index in [4.69, 9.17) is 20.9 Å². The number of aryl methyl sites for hydroxylation is 2. The zero-order chi connectivity index (χ0) is 22.1. The van der Waals surface area contributed by atoms with Gasteiger partial charge in [0, 0.05) is 31.8 Å². The zero-order valence-electron chi connectivity index (χ0n) is 18.7. The second-order valence-corrected chi connectivity index (χ2v) is 9.22. The van der Waals surface area contributed by atoms with Crippen LogP contribution in [-0.4, -0.2) is 53.6 Å². The number of halogens is 3. The largest absolute Gasteiger partial charge is 0.490 e. The minimum absolute atomic E-state index is 0. The lowest BCUT2D eigenvalue weighted by Crippen LogP contribution is -2.42. The number of hydrogen-bond donors (Lipinski definition) is 0. The summed E-state index contributed by atoms with van der Waals surface area (Å²) in [6.45, 7) is 6.67. The van der Waals surface area contributed by atoms with Crippen molar-refractivity contribution < 1.29 is 18.4 Å². The summed E-state index contributed by atoms with van der Waals surface area (Å²) >= 11 is 6.36. The third-order valence-electron chi connectivity index (χ3n) is 6.32. The highest BCUT2D eigenvalue weighted by Crippen LogP contribution is 2.35. The number of rotatable bonds is 7. The Morgan fingerprint density at radius 1 is 1.31 bits per heavy atom. The van der Waals surface area contributed by atoms with Crippen molar-refractivity contribution in [2.45, 2.75) is 52.2 Å². The number of carbonyl (C=O) groups excluding carboxylic acids is 1. The topological polar surface area (TPSA) is 58.8 Å². The molecule has 9 heteroatoms. The smallest absolute Gasteiger partial charge is 0.259 e. The molecule has 1 aromatic carbocycles. The van der Waals surface area contributed by atoms with Crippen LogP contribution in [0.5, 0.6) is 5.75 Å². The van der Waals surface area contributed by atoms with E-state index in [0.717, 1.165) is 38.8 Å². The molecule has 1 amide bonds. The second-order valence-electron chi connectivity index (χ2n) is 8.81. The molecule has 6 nitrogen and oxygen atoms in total. The molecule has 2 heterocycles. The third kappa shape index (κ3) is 5.38. The summed E-state index contributed by atoms with van der Waals surface area (Å²) in [6, 6.07) is 3.16. The van der Waals surface area contributed by atoms with E-state index < -0.39 is 0 Å². The van der Waals surface area contributed by atoms with Crippen molar-refractivity contribution >= 4 is 29.9 Å². The summed E-state index contributed by atoms with van der Waals surface area (Å²) < 4.78 is 25.7. The highest BCUT2D eigenvalue weighted by molar-refractivity contribution is 6.31. The number of nitrogens with zero attached hydrogens (tertiary/aromatic N) is 3. The minimum atomic E-state index is -0.310. The minimum Gasteiger partial charge on any atom is -0.490 e. The fraction of sp³-hybridized carbons (Fsp3) is 0.565. The number of carbonyl (C=O) groups is 1. The van der Waals surface area contributed by atoms with Crippen molar-refractivity contribution in [3.8, 4) is 5.75 Å². The molecule has 32 heavy (non-hydrogen) atoms. The van der Waals surface area contributed by atoms with Crippen LogP contribution in [0.3, 0.4) is 0 Å². The lowest BCUT2D eigenvalue weighted by Gasteiger charge is -2.37. The van der Waals surface area contributed by atoms with Crippen molar-refractivity contribution in [2.24, 2.45) is 5.92 Å². The highest BCUT2D eigenvalue weighted by atomic mass is 35.5. The van der Waals surface area contributed by atoms with Gasteiger partial charge in [-0.3, -0.25) is 9.69 Å². The van der Waals surface area contributed by atoms with Gasteiger partial charge in [-0.1, -0.05) is 16.8 Å². The van der Waals surface area contributed by atoms with Gasteiger partial charge in [-0.15, -0.1) is 12.4 Å². The first kappa shape index (κ1) is 24.8. The van der Waals surface area contributed by atoms with Crippen LogP contribution in [0.25, 0.3) is 0 Å². The Labute approximate surface area is 199 Å². The van der Waals surface area contributed by atoms with E-state index in [1.165, 1.54) is 6.07 Å².